The summed E-state index contributed by atoms with van der Waals surface area (Å²) in [5.74, 6) is 2.40. The maximum Gasteiger partial charge on any atom is 0.405 e. The molecule has 8 aromatic heterocycles. The Bertz CT molecular complexity index is 3430. The van der Waals surface area contributed by atoms with Gasteiger partial charge in [-0.15, -0.1) is 0 Å². The molecule has 2 amide bonds. The van der Waals surface area contributed by atoms with Crippen molar-refractivity contribution in [1.82, 2.24) is 44.5 Å². The van der Waals surface area contributed by atoms with Gasteiger partial charge in [-0.2, -0.15) is 20.7 Å². The Labute approximate surface area is 451 Å². The quantitative estimate of drug-likeness (QED) is 0.0837. The van der Waals surface area contributed by atoms with Crippen LogP contribution in [-0.4, -0.2) is 119 Å². The molecular weight excluding hydrogens is 991 g/mol. The van der Waals surface area contributed by atoms with Gasteiger partial charge in [-0.25, -0.2) is 23.8 Å². The first-order valence-corrected chi connectivity index (χ1v) is 25.9. The van der Waals surface area contributed by atoms with Gasteiger partial charge < -0.3 is 45.9 Å². The van der Waals surface area contributed by atoms with Gasteiger partial charge in [0.2, 0.25) is 6.10 Å². The number of aromatic nitrogens is 8. The summed E-state index contributed by atoms with van der Waals surface area (Å²) in [4.78, 5) is 47.4. The molecule has 0 unspecified atom stereocenters. The Morgan fingerprint density at radius 1 is 0.705 bits per heavy atom. The molecule has 2 atom stereocenters. The van der Waals surface area contributed by atoms with E-state index in [0.717, 1.165) is 83.1 Å². The lowest BCUT2D eigenvalue weighted by atomic mass is 9.82. The minimum atomic E-state index is -1.44. The molecule has 8 aromatic rings. The molecule has 6 N–H and O–H groups in total. The van der Waals surface area contributed by atoms with Gasteiger partial charge in [0.05, 0.1) is 66.3 Å². The second-order valence-electron chi connectivity index (χ2n) is 19.5. The average Bonchev–Trinajstić information content (AvgIpc) is 4.25. The number of rotatable bonds is 16. The zero-order valence-corrected chi connectivity index (χ0v) is 43.7. The van der Waals surface area contributed by atoms with E-state index in [4.69, 9.17) is 35.6 Å². The second-order valence-corrected chi connectivity index (χ2v) is 19.5. The number of fused-ring (bicyclic) bond motifs is 2. The number of hydrogen-bond donors (Lipinski definition) is 4. The smallest absolute Gasteiger partial charge is 0.405 e. The Morgan fingerprint density at radius 3 is 1.60 bits per heavy atom. The third kappa shape index (κ3) is 12.2. The number of hydrogen-bond acceptors (Lipinski definition) is 17. The molecule has 2 aliphatic heterocycles. The van der Waals surface area contributed by atoms with E-state index in [0.29, 0.717) is 73.7 Å². The topological polar surface area (TPSA) is 286 Å². The van der Waals surface area contributed by atoms with Crippen LogP contribution in [0, 0.1) is 22.7 Å². The minimum Gasteiger partial charge on any atom is -0.492 e. The Morgan fingerprint density at radius 2 is 1.19 bits per heavy atom. The van der Waals surface area contributed by atoms with Gasteiger partial charge in [0.15, 0.2) is 0 Å². The van der Waals surface area contributed by atoms with E-state index in [1.165, 1.54) is 13.1 Å². The first kappa shape index (κ1) is 53.6. The Hall–Kier alpha value is -9.18. The van der Waals surface area contributed by atoms with Gasteiger partial charge in [0.1, 0.15) is 35.3 Å². The van der Waals surface area contributed by atoms with Crippen LogP contribution in [0.1, 0.15) is 69.0 Å². The number of ether oxygens (including phenoxy) is 3. The number of carbonyl (C=O) groups excluding carboxylic acids is 2. The highest BCUT2D eigenvalue weighted by atomic mass is 16.6. The van der Waals surface area contributed by atoms with Crippen LogP contribution in [0.15, 0.2) is 122 Å². The highest BCUT2D eigenvalue weighted by Crippen LogP contribution is 2.35. The van der Waals surface area contributed by atoms with Crippen LogP contribution in [0.5, 0.6) is 11.5 Å². The summed E-state index contributed by atoms with van der Waals surface area (Å²) >= 11 is 0. The Balaban J connectivity index is 0.000000196. The van der Waals surface area contributed by atoms with Crippen molar-refractivity contribution in [2.75, 3.05) is 49.2 Å². The summed E-state index contributed by atoms with van der Waals surface area (Å²) in [6, 6.07) is 27.8. The van der Waals surface area contributed by atoms with E-state index >= 15 is 0 Å². The fourth-order valence-electron chi connectivity index (χ4n) is 10.2. The Kier molecular flexibility index (Phi) is 16.4. The predicted octanol–water partition coefficient (Wildman–Crippen LogP) is 6.21. The number of anilines is 2. The lowest BCUT2D eigenvalue weighted by molar-refractivity contribution is -0.136. The number of nitrogens with one attached hydrogen (secondary N) is 1. The van der Waals surface area contributed by atoms with E-state index < -0.39 is 29.7 Å². The molecule has 2 saturated heterocycles. The number of primary amides is 1. The van der Waals surface area contributed by atoms with Crippen molar-refractivity contribution in [1.29, 1.82) is 10.5 Å². The van der Waals surface area contributed by atoms with Crippen molar-refractivity contribution < 1.29 is 28.9 Å². The summed E-state index contributed by atoms with van der Waals surface area (Å²) in [5.41, 5.74) is 18.5. The van der Waals surface area contributed by atoms with Crippen molar-refractivity contribution >= 4 is 34.7 Å². The average molecular weight is 1050 g/mol. The second kappa shape index (κ2) is 23.8. The van der Waals surface area contributed by atoms with Crippen molar-refractivity contribution in [2.24, 2.45) is 11.5 Å². The summed E-state index contributed by atoms with van der Waals surface area (Å²) in [7, 11) is 0. The zero-order chi connectivity index (χ0) is 54.8. The van der Waals surface area contributed by atoms with E-state index in [2.05, 4.69) is 47.4 Å². The van der Waals surface area contributed by atoms with Crippen molar-refractivity contribution in [3.05, 3.63) is 145 Å². The number of carbonyl (C=O) groups is 2. The van der Waals surface area contributed by atoms with Gasteiger partial charge >= 0.3 is 6.09 Å². The normalized spacial score (nSPS) is 15.5. The number of pyridine rings is 6. The zero-order valence-electron chi connectivity index (χ0n) is 43.7. The molecule has 2 fully saturated rings. The molecule has 78 heavy (non-hydrogen) atoms. The lowest BCUT2D eigenvalue weighted by Gasteiger charge is -2.43. The first-order chi connectivity index (χ1) is 37.8. The summed E-state index contributed by atoms with van der Waals surface area (Å²) in [6.45, 7) is 9.08. The van der Waals surface area contributed by atoms with Crippen LogP contribution in [-0.2, 0) is 22.4 Å². The maximum atomic E-state index is 13.2. The number of amides is 2. The number of aliphatic hydroxyl groups is 1. The number of nitrogens with two attached hydrogens (primary N) is 2. The highest BCUT2D eigenvalue weighted by Gasteiger charge is 2.40. The molecule has 10 rings (SSSR count). The van der Waals surface area contributed by atoms with Crippen molar-refractivity contribution in [2.45, 2.75) is 82.6 Å². The van der Waals surface area contributed by atoms with Gasteiger partial charge in [0.25, 0.3) is 5.91 Å². The molecule has 10 heterocycles. The fourth-order valence-corrected chi connectivity index (χ4v) is 10.2. The molecule has 400 valence electrons. The van der Waals surface area contributed by atoms with E-state index in [1.54, 1.807) is 40.0 Å². The minimum absolute atomic E-state index is 0.244. The molecule has 0 aliphatic carbocycles. The van der Waals surface area contributed by atoms with Gasteiger partial charge in [-0.3, -0.25) is 14.8 Å². The largest absolute Gasteiger partial charge is 0.492 e. The molecular formula is C57H61N15O6. The summed E-state index contributed by atoms with van der Waals surface area (Å²) < 4.78 is 19.7. The first-order valence-electron chi connectivity index (χ1n) is 25.9. The van der Waals surface area contributed by atoms with Crippen LogP contribution in [0.4, 0.5) is 16.4 Å². The summed E-state index contributed by atoms with van der Waals surface area (Å²) in [6.07, 6.45) is 14.0. The maximum absolute atomic E-state index is 13.2. The van der Waals surface area contributed by atoms with Crippen LogP contribution in [0.25, 0.3) is 33.3 Å². The predicted molar refractivity (Wildman–Crippen MR) is 291 cm³/mol. The number of nitrogens with zero attached hydrogens (tertiary/aromatic N) is 12. The molecule has 2 aliphatic rings. The fraction of sp³-hybridized carbons (Fsp3) is 0.333. The van der Waals surface area contributed by atoms with E-state index in [1.807, 2.05) is 99.0 Å². The van der Waals surface area contributed by atoms with Crippen LogP contribution >= 0.6 is 0 Å². The molecule has 21 nitrogen and oxygen atoms in total. The number of nitriles is 2. The van der Waals surface area contributed by atoms with Gasteiger partial charge in [-0.05, 0) is 107 Å². The highest BCUT2D eigenvalue weighted by molar-refractivity contribution is 5.87. The van der Waals surface area contributed by atoms with Gasteiger partial charge in [-0.1, -0.05) is 12.1 Å². The van der Waals surface area contributed by atoms with Gasteiger partial charge in [0, 0.05) is 109 Å². The lowest BCUT2D eigenvalue weighted by Crippen LogP contribution is -2.60. The molecule has 0 radical (unpaired) electrons. The number of aliphatic hydroxyl groups excluding tert-OH is 1. The van der Waals surface area contributed by atoms with Crippen LogP contribution in [0.2, 0.25) is 0 Å². The van der Waals surface area contributed by atoms with E-state index in [-0.39, 0.29) is 5.54 Å². The standard InChI is InChI=1S/C31H34N8O5.C26H27N7O/c1-3-43-24-14-25(27-22(16-32)18-36-39(27)19-24)21-7-8-26(35-17-21)38-12-9-31(10-13-38,15-23-6-4-5-11-34-23)37-29(41)28(20(2)40)44-30(33)42;1-2-34-22-13-23(25-20(15-27)17-31-33(25)18-22)19-6-7-24(30-16-19)32-11-8-26(28,9-12-32)14-21-5-3-4-10-29-21/h4-8,11,14,17-20,28,40H,3,9-10,12-13,15H2,1-2H3,(H2,33,42)(H,37,41);3-7,10,13,16-18H,2,8-9,11-12,14,28H2,1H3/t20-,28+;/m1./s1. The third-order valence-corrected chi connectivity index (χ3v) is 14.1. The molecule has 0 aromatic carbocycles. The van der Waals surface area contributed by atoms with Crippen molar-refractivity contribution in [3.8, 4) is 45.9 Å². The monoisotopic (exact) mass is 1050 g/mol. The molecule has 0 bridgehead atoms. The third-order valence-electron chi connectivity index (χ3n) is 14.1. The molecule has 0 spiro atoms. The molecule has 21 heteroatoms. The van der Waals surface area contributed by atoms with Crippen LogP contribution in [0.3, 0.4) is 0 Å². The van der Waals surface area contributed by atoms with Crippen LogP contribution < -0.4 is 36.1 Å². The summed E-state index contributed by atoms with van der Waals surface area (Å²) in [5, 5.41) is 41.0. The van der Waals surface area contributed by atoms with E-state index in [9.17, 15) is 25.2 Å². The molecule has 0 saturated carbocycles. The SMILES string of the molecule is CCOc1cc(-c2ccc(N3CCC(Cc4ccccn4)(NC(=O)[C@@H](OC(N)=O)[C@@H](C)O)CC3)nc2)c2c(C#N)cnn2c1.CCOc1cc(-c2ccc(N3CCC(N)(Cc4ccccn4)CC3)nc2)c2c(C#N)cnn2c1. The number of piperidine rings is 2. The van der Waals surface area contributed by atoms with Crippen molar-refractivity contribution in [3.63, 3.8) is 0 Å².